The molecule has 0 bridgehead atoms. The van der Waals surface area contributed by atoms with Gasteiger partial charge >= 0.3 is 18.3 Å². The topological polar surface area (TPSA) is 49.9 Å². The van der Waals surface area contributed by atoms with Crippen LogP contribution in [0.2, 0.25) is 0 Å². The zero-order valence-corrected chi connectivity index (χ0v) is 25.4. The van der Waals surface area contributed by atoms with Crippen molar-refractivity contribution in [1.82, 2.24) is 9.21 Å². The molecule has 44 heavy (non-hydrogen) atoms. The predicted octanol–water partition coefficient (Wildman–Crippen LogP) is 7.78. The molecule has 1 heterocycles. The van der Waals surface area contributed by atoms with E-state index in [1.54, 1.807) is 6.07 Å². The Morgan fingerprint density at radius 2 is 1.43 bits per heavy atom. The van der Waals surface area contributed by atoms with Gasteiger partial charge in [0.2, 0.25) is 5.54 Å². The average molecular weight is 657 g/mol. The zero-order chi connectivity index (χ0) is 33.0. The average Bonchev–Trinajstić information content (AvgIpc) is 2.94. The first-order valence-corrected chi connectivity index (χ1v) is 15.2. The van der Waals surface area contributed by atoms with E-state index >= 15 is 22.0 Å². The maximum absolute atomic E-state index is 16.8. The number of amides is 1. The van der Waals surface area contributed by atoms with E-state index in [9.17, 15) is 22.2 Å². The molecule has 0 spiro atoms. The van der Waals surface area contributed by atoms with Gasteiger partial charge in [-0.1, -0.05) is 42.5 Å². The first kappa shape index (κ1) is 35.7. The number of likely N-dealkylation sites (tertiary alicyclic amines) is 1. The predicted molar refractivity (Wildman–Crippen MR) is 150 cm³/mol. The third kappa shape index (κ3) is 7.91. The fourth-order valence-electron chi connectivity index (χ4n) is 5.05. The van der Waals surface area contributed by atoms with Crippen molar-refractivity contribution in [3.63, 3.8) is 0 Å². The fraction of sp³-hybridized carbons (Fsp3) is 0.567. The van der Waals surface area contributed by atoms with Crippen molar-refractivity contribution in [2.75, 3.05) is 19.7 Å². The fourth-order valence-corrected chi connectivity index (χ4v) is 6.55. The molecule has 0 aromatic heterocycles. The molecular formula is C30H36F8N2O3S. The Balaban J connectivity index is 2.24. The summed E-state index contributed by atoms with van der Waals surface area (Å²) in [6, 6.07) is 10.6. The highest BCUT2D eigenvalue weighted by Crippen LogP contribution is 2.56. The highest BCUT2D eigenvalue weighted by Gasteiger charge is 2.78. The lowest BCUT2D eigenvalue weighted by atomic mass is 9.81. The van der Waals surface area contributed by atoms with Gasteiger partial charge in [-0.05, 0) is 69.7 Å². The summed E-state index contributed by atoms with van der Waals surface area (Å²) >= 11 is 0. The van der Waals surface area contributed by atoms with E-state index in [-0.39, 0.29) is 28.7 Å². The lowest BCUT2D eigenvalue weighted by Gasteiger charge is -2.50. The number of nitrogens with zero attached hydrogens (tertiary/aromatic N) is 2. The van der Waals surface area contributed by atoms with Crippen LogP contribution in [0.25, 0.3) is 0 Å². The Morgan fingerprint density at radius 1 is 0.864 bits per heavy atom. The molecule has 2 atom stereocenters. The number of carbonyl (C=O) groups is 1. The van der Waals surface area contributed by atoms with Gasteiger partial charge in [-0.25, -0.2) is 4.21 Å². The number of hydrogen-bond acceptors (Lipinski definition) is 3. The molecule has 0 saturated carbocycles. The zero-order valence-electron chi connectivity index (χ0n) is 24.6. The van der Waals surface area contributed by atoms with Crippen LogP contribution in [-0.4, -0.2) is 62.0 Å². The van der Waals surface area contributed by atoms with Crippen molar-refractivity contribution in [3.05, 3.63) is 65.7 Å². The van der Waals surface area contributed by atoms with Crippen LogP contribution >= 0.6 is 0 Å². The highest BCUT2D eigenvalue weighted by molar-refractivity contribution is 7.84. The molecule has 246 valence electrons. The summed E-state index contributed by atoms with van der Waals surface area (Å²) in [5.41, 5.74) is -5.35. The van der Waals surface area contributed by atoms with Crippen molar-refractivity contribution in [2.45, 2.75) is 88.0 Å². The highest BCUT2D eigenvalue weighted by atomic mass is 32.2. The van der Waals surface area contributed by atoms with Crippen LogP contribution in [0.3, 0.4) is 0 Å². The number of benzene rings is 2. The standard InChI is InChI=1S/C30H36F8N2O3S/c1-26(2,3)44(42)40(21-22-11-6-4-7-12-22)28(30(36,37)38,29(34,35)25(41)39-18-8-5-9-19-39)23-13-15-24(16-14-23)43-20-10-17-27(31,32)33/h4,6-7,11-16H,5,8-10,17-21H2,1-3H3. The van der Waals surface area contributed by atoms with E-state index < -0.39 is 77.0 Å². The summed E-state index contributed by atoms with van der Waals surface area (Å²) < 4.78 is 136. The molecule has 1 fully saturated rings. The largest absolute Gasteiger partial charge is 0.494 e. The van der Waals surface area contributed by atoms with Gasteiger partial charge in [-0.3, -0.25) is 4.79 Å². The van der Waals surface area contributed by atoms with E-state index in [1.807, 2.05) is 0 Å². The lowest BCUT2D eigenvalue weighted by molar-refractivity contribution is -0.290. The lowest BCUT2D eigenvalue weighted by Crippen LogP contribution is -2.71. The molecule has 1 amide bonds. The van der Waals surface area contributed by atoms with Crippen molar-refractivity contribution in [1.29, 1.82) is 0 Å². The summed E-state index contributed by atoms with van der Waals surface area (Å²) in [5, 5.41) is 0. The molecule has 2 unspecified atom stereocenters. The van der Waals surface area contributed by atoms with Gasteiger partial charge in [-0.2, -0.15) is 39.4 Å². The normalized spacial score (nSPS) is 17.3. The minimum Gasteiger partial charge on any atom is -0.494 e. The SMILES string of the molecule is CC(C)(C)S(=O)N(Cc1ccccc1)C(c1ccc(OCCCC(F)(F)F)cc1)(C(F)(F)F)C(F)(F)C(=O)N1CCCCC1. The number of halogens is 8. The molecule has 2 aromatic rings. The molecule has 0 radical (unpaired) electrons. The van der Waals surface area contributed by atoms with Gasteiger partial charge in [0, 0.05) is 26.1 Å². The Bertz CT molecular complexity index is 1260. The summed E-state index contributed by atoms with van der Waals surface area (Å²) in [5.74, 6) is -7.37. The monoisotopic (exact) mass is 656 g/mol. The second-order valence-electron chi connectivity index (χ2n) is 11.6. The minimum atomic E-state index is -5.87. The van der Waals surface area contributed by atoms with Gasteiger partial charge in [-0.15, -0.1) is 0 Å². The van der Waals surface area contributed by atoms with Crippen molar-refractivity contribution >= 4 is 16.9 Å². The molecular weight excluding hydrogens is 620 g/mol. The van der Waals surface area contributed by atoms with Crippen LogP contribution in [0.15, 0.2) is 54.6 Å². The number of rotatable bonds is 11. The van der Waals surface area contributed by atoms with Gasteiger partial charge in [0.05, 0.1) is 11.4 Å². The second-order valence-corrected chi connectivity index (χ2v) is 13.8. The third-order valence-corrected chi connectivity index (χ3v) is 9.04. The van der Waals surface area contributed by atoms with Crippen molar-refractivity contribution < 1.29 is 48.9 Å². The Morgan fingerprint density at radius 3 is 1.93 bits per heavy atom. The van der Waals surface area contributed by atoms with E-state index in [4.69, 9.17) is 4.74 Å². The molecule has 14 heteroatoms. The summed E-state index contributed by atoms with van der Waals surface area (Å²) in [4.78, 5) is 14.2. The van der Waals surface area contributed by atoms with Gasteiger partial charge in [0.15, 0.2) is 0 Å². The van der Waals surface area contributed by atoms with Crippen molar-refractivity contribution in [3.8, 4) is 5.75 Å². The summed E-state index contributed by atoms with van der Waals surface area (Å²) in [6.07, 6.45) is -10.6. The van der Waals surface area contributed by atoms with E-state index in [2.05, 4.69) is 0 Å². The van der Waals surface area contributed by atoms with Crippen LogP contribution < -0.4 is 4.74 Å². The smallest absolute Gasteiger partial charge is 0.418 e. The summed E-state index contributed by atoms with van der Waals surface area (Å²) in [6.45, 7) is 2.41. The van der Waals surface area contributed by atoms with Crippen LogP contribution in [-0.2, 0) is 27.9 Å². The van der Waals surface area contributed by atoms with Gasteiger partial charge in [0.1, 0.15) is 16.7 Å². The maximum atomic E-state index is 16.8. The molecule has 2 aromatic carbocycles. The van der Waals surface area contributed by atoms with E-state index in [1.165, 1.54) is 45.0 Å². The Labute approximate surface area is 254 Å². The van der Waals surface area contributed by atoms with Crippen LogP contribution in [0, 0.1) is 0 Å². The third-order valence-electron chi connectivity index (χ3n) is 7.19. The molecule has 3 rings (SSSR count). The molecule has 0 N–H and O–H groups in total. The number of hydrogen-bond donors (Lipinski definition) is 0. The van der Waals surface area contributed by atoms with Crippen LogP contribution in [0.1, 0.15) is 64.0 Å². The van der Waals surface area contributed by atoms with E-state index in [0.717, 1.165) is 12.1 Å². The van der Waals surface area contributed by atoms with Crippen LogP contribution in [0.5, 0.6) is 5.75 Å². The minimum absolute atomic E-state index is 0.143. The molecule has 1 saturated heterocycles. The first-order valence-electron chi connectivity index (χ1n) is 14.1. The molecule has 1 aliphatic heterocycles. The van der Waals surface area contributed by atoms with Crippen molar-refractivity contribution in [2.24, 2.45) is 0 Å². The number of carbonyl (C=O) groups excluding carboxylic acids is 1. The summed E-state index contributed by atoms with van der Waals surface area (Å²) in [7, 11) is -2.76. The quantitative estimate of drug-likeness (QED) is 0.184. The molecule has 1 aliphatic rings. The number of ether oxygens (including phenoxy) is 1. The first-order chi connectivity index (χ1) is 20.3. The number of piperidine rings is 1. The molecule has 0 aliphatic carbocycles. The number of alkyl halides is 8. The Kier molecular flexibility index (Phi) is 11.1. The van der Waals surface area contributed by atoms with Gasteiger partial charge < -0.3 is 9.64 Å². The molecule has 5 nitrogen and oxygen atoms in total. The Hall–Kier alpha value is -2.74. The van der Waals surface area contributed by atoms with Gasteiger partial charge in [0.25, 0.3) is 5.91 Å². The second kappa shape index (κ2) is 13.7. The van der Waals surface area contributed by atoms with E-state index in [0.29, 0.717) is 36.3 Å². The maximum Gasteiger partial charge on any atom is 0.418 e. The van der Waals surface area contributed by atoms with Crippen LogP contribution in [0.4, 0.5) is 35.1 Å².